The van der Waals surface area contributed by atoms with Crippen molar-refractivity contribution in [3.63, 3.8) is 0 Å². The van der Waals surface area contributed by atoms with Gasteiger partial charge in [0.25, 0.3) is 0 Å². The van der Waals surface area contributed by atoms with Crippen molar-refractivity contribution in [1.82, 2.24) is 20.0 Å². The van der Waals surface area contributed by atoms with Crippen LogP contribution in [0, 0.1) is 5.82 Å². The highest BCUT2D eigenvalue weighted by molar-refractivity contribution is 5.88. The average molecular weight is 389 g/mol. The molecule has 0 unspecified atom stereocenters. The molecule has 0 saturated heterocycles. The number of carbonyl (C=O) groups is 2. The van der Waals surface area contributed by atoms with Crippen LogP contribution in [-0.2, 0) is 11.3 Å². The van der Waals surface area contributed by atoms with Gasteiger partial charge in [-0.15, -0.1) is 0 Å². The molecule has 1 fully saturated rings. The molecule has 2 aromatic rings. The van der Waals surface area contributed by atoms with Crippen molar-refractivity contribution in [3.8, 4) is 0 Å². The van der Waals surface area contributed by atoms with Gasteiger partial charge >= 0.3 is 12.0 Å². The monoisotopic (exact) mass is 389 g/mol. The van der Waals surface area contributed by atoms with Crippen LogP contribution in [0.2, 0.25) is 0 Å². The SMILES string of the molecule is CCN(CC(=O)O)C1CC(NC(=O)Nc2ccnn2Cc2ccc(F)cc2)C1. The van der Waals surface area contributed by atoms with Gasteiger partial charge in [0.15, 0.2) is 0 Å². The first-order valence-electron chi connectivity index (χ1n) is 9.24. The van der Waals surface area contributed by atoms with E-state index >= 15 is 0 Å². The Hall–Kier alpha value is -2.94. The fraction of sp³-hybridized carbons (Fsp3) is 0.421. The molecule has 0 aliphatic heterocycles. The van der Waals surface area contributed by atoms with Gasteiger partial charge in [-0.05, 0) is 37.1 Å². The zero-order valence-corrected chi connectivity index (χ0v) is 15.6. The summed E-state index contributed by atoms with van der Waals surface area (Å²) >= 11 is 0. The van der Waals surface area contributed by atoms with Gasteiger partial charge in [-0.3, -0.25) is 15.0 Å². The Balaban J connectivity index is 1.48. The summed E-state index contributed by atoms with van der Waals surface area (Å²) in [6.07, 6.45) is 3.04. The lowest BCUT2D eigenvalue weighted by molar-refractivity contribution is -0.139. The number of nitrogens with zero attached hydrogens (tertiary/aromatic N) is 3. The van der Waals surface area contributed by atoms with Crippen molar-refractivity contribution in [1.29, 1.82) is 0 Å². The Kier molecular flexibility index (Phi) is 6.25. The van der Waals surface area contributed by atoms with Crippen molar-refractivity contribution in [3.05, 3.63) is 47.9 Å². The maximum Gasteiger partial charge on any atom is 0.320 e. The van der Waals surface area contributed by atoms with E-state index in [0.717, 1.165) is 18.4 Å². The second-order valence-electron chi connectivity index (χ2n) is 6.88. The van der Waals surface area contributed by atoms with E-state index in [4.69, 9.17) is 5.11 Å². The summed E-state index contributed by atoms with van der Waals surface area (Å²) < 4.78 is 14.6. The van der Waals surface area contributed by atoms with E-state index in [1.54, 1.807) is 29.1 Å². The minimum Gasteiger partial charge on any atom is -0.480 e. The number of nitrogens with one attached hydrogen (secondary N) is 2. The maximum absolute atomic E-state index is 13.0. The van der Waals surface area contributed by atoms with Gasteiger partial charge in [0, 0.05) is 18.2 Å². The summed E-state index contributed by atoms with van der Waals surface area (Å²) in [5.41, 5.74) is 0.869. The number of likely N-dealkylation sites (N-methyl/N-ethyl adjacent to an activating group) is 1. The number of hydrogen-bond donors (Lipinski definition) is 3. The smallest absolute Gasteiger partial charge is 0.320 e. The highest BCUT2D eigenvalue weighted by Gasteiger charge is 2.34. The van der Waals surface area contributed by atoms with E-state index in [2.05, 4.69) is 15.7 Å². The molecule has 0 radical (unpaired) electrons. The second kappa shape index (κ2) is 8.83. The van der Waals surface area contributed by atoms with Crippen LogP contribution in [0.3, 0.4) is 0 Å². The van der Waals surface area contributed by atoms with Crippen molar-refractivity contribution >= 4 is 17.8 Å². The number of hydrogen-bond acceptors (Lipinski definition) is 4. The van der Waals surface area contributed by atoms with E-state index in [9.17, 15) is 14.0 Å². The first-order chi connectivity index (χ1) is 13.4. The third kappa shape index (κ3) is 5.07. The molecular weight excluding hydrogens is 365 g/mol. The number of urea groups is 1. The Morgan fingerprint density at radius 2 is 2.00 bits per heavy atom. The molecule has 150 valence electrons. The van der Waals surface area contributed by atoms with Gasteiger partial charge in [-0.1, -0.05) is 19.1 Å². The normalized spacial score (nSPS) is 18.5. The quantitative estimate of drug-likeness (QED) is 0.642. The van der Waals surface area contributed by atoms with E-state index in [1.165, 1.54) is 12.1 Å². The number of halogens is 1. The van der Waals surface area contributed by atoms with Crippen LogP contribution in [0.5, 0.6) is 0 Å². The number of aromatic nitrogens is 2. The molecule has 3 rings (SSSR count). The topological polar surface area (TPSA) is 99.5 Å². The Labute approximate surface area is 162 Å². The summed E-state index contributed by atoms with van der Waals surface area (Å²) in [5.74, 6) is -0.602. The number of rotatable bonds is 8. The second-order valence-corrected chi connectivity index (χ2v) is 6.88. The minimum absolute atomic E-state index is 0.0151. The van der Waals surface area contributed by atoms with Gasteiger partial charge < -0.3 is 10.4 Å². The van der Waals surface area contributed by atoms with Crippen molar-refractivity contribution < 1.29 is 19.1 Å². The summed E-state index contributed by atoms with van der Waals surface area (Å²) in [4.78, 5) is 25.0. The summed E-state index contributed by atoms with van der Waals surface area (Å²) in [6, 6.07) is 7.67. The molecule has 9 heteroatoms. The number of aliphatic carboxylic acids is 1. The van der Waals surface area contributed by atoms with Crippen LogP contribution in [0.25, 0.3) is 0 Å². The zero-order chi connectivity index (χ0) is 20.1. The molecule has 0 atom stereocenters. The molecule has 1 aliphatic rings. The molecule has 8 nitrogen and oxygen atoms in total. The number of benzene rings is 1. The highest BCUT2D eigenvalue weighted by atomic mass is 19.1. The van der Waals surface area contributed by atoms with Crippen molar-refractivity contribution in [2.75, 3.05) is 18.4 Å². The van der Waals surface area contributed by atoms with Gasteiger partial charge in [0.1, 0.15) is 11.6 Å². The largest absolute Gasteiger partial charge is 0.480 e. The van der Waals surface area contributed by atoms with Crippen LogP contribution in [0.1, 0.15) is 25.3 Å². The Morgan fingerprint density at radius 3 is 2.64 bits per heavy atom. The molecule has 2 amide bonds. The fourth-order valence-corrected chi connectivity index (χ4v) is 3.34. The molecule has 0 bridgehead atoms. The Bertz CT molecular complexity index is 817. The van der Waals surface area contributed by atoms with Crippen molar-refractivity contribution in [2.24, 2.45) is 0 Å². The van der Waals surface area contributed by atoms with E-state index in [0.29, 0.717) is 18.9 Å². The molecule has 1 saturated carbocycles. The molecular formula is C19H24FN5O3. The summed E-state index contributed by atoms with van der Waals surface area (Å²) in [5, 5.41) is 18.8. The fourth-order valence-electron chi connectivity index (χ4n) is 3.34. The predicted octanol–water partition coefficient (Wildman–Crippen LogP) is 2.13. The molecule has 1 aromatic heterocycles. The molecule has 0 spiro atoms. The number of carboxylic acids is 1. The lowest BCUT2D eigenvalue weighted by atomic mass is 9.85. The van der Waals surface area contributed by atoms with Gasteiger partial charge in [-0.25, -0.2) is 13.9 Å². The molecule has 1 aromatic carbocycles. The number of carbonyl (C=O) groups excluding carboxylic acids is 1. The van der Waals surface area contributed by atoms with Crippen molar-refractivity contribution in [2.45, 2.75) is 38.4 Å². The number of carboxylic acid groups (broad SMARTS) is 1. The lowest BCUT2D eigenvalue weighted by Crippen LogP contribution is -2.55. The van der Waals surface area contributed by atoms with Crippen LogP contribution < -0.4 is 10.6 Å². The van der Waals surface area contributed by atoms with Crippen LogP contribution in [0.4, 0.5) is 15.0 Å². The first-order valence-corrected chi connectivity index (χ1v) is 9.24. The molecule has 3 N–H and O–H groups in total. The highest BCUT2D eigenvalue weighted by Crippen LogP contribution is 2.25. The number of amides is 2. The zero-order valence-electron chi connectivity index (χ0n) is 15.6. The molecule has 1 aliphatic carbocycles. The van der Waals surface area contributed by atoms with Gasteiger partial charge in [-0.2, -0.15) is 5.10 Å². The van der Waals surface area contributed by atoms with E-state index in [1.807, 2.05) is 11.8 Å². The molecule has 1 heterocycles. The van der Waals surface area contributed by atoms with E-state index in [-0.39, 0.29) is 30.5 Å². The van der Waals surface area contributed by atoms with Crippen LogP contribution in [0.15, 0.2) is 36.5 Å². The van der Waals surface area contributed by atoms with Crippen LogP contribution in [-0.4, -0.2) is 57.0 Å². The standard InChI is InChI=1S/C19H24FN5O3/c1-2-24(12-18(26)27)16-9-15(10-16)22-19(28)23-17-7-8-21-25(17)11-13-3-5-14(20)6-4-13/h3-8,15-16H,2,9-12H2,1H3,(H,26,27)(H2,22,23,28). The number of anilines is 1. The molecule has 28 heavy (non-hydrogen) atoms. The van der Waals surface area contributed by atoms with Gasteiger partial charge in [0.05, 0.1) is 19.3 Å². The van der Waals surface area contributed by atoms with E-state index < -0.39 is 5.97 Å². The van der Waals surface area contributed by atoms with Gasteiger partial charge in [0.2, 0.25) is 0 Å². The maximum atomic E-state index is 13.0. The van der Waals surface area contributed by atoms with Crippen LogP contribution >= 0.6 is 0 Å². The minimum atomic E-state index is -0.842. The average Bonchev–Trinajstić information content (AvgIpc) is 3.04. The lowest BCUT2D eigenvalue weighted by Gasteiger charge is -2.42. The summed E-state index contributed by atoms with van der Waals surface area (Å²) in [7, 11) is 0. The Morgan fingerprint density at radius 1 is 1.29 bits per heavy atom. The summed E-state index contributed by atoms with van der Waals surface area (Å²) in [6.45, 7) is 3.02. The third-order valence-corrected chi connectivity index (χ3v) is 4.91. The first kappa shape index (κ1) is 19.8. The predicted molar refractivity (Wildman–Crippen MR) is 102 cm³/mol. The third-order valence-electron chi connectivity index (χ3n) is 4.91.